The summed E-state index contributed by atoms with van der Waals surface area (Å²) in [6.45, 7) is 0. The van der Waals surface area contributed by atoms with Gasteiger partial charge in [-0.3, -0.25) is 20.4 Å². The Morgan fingerprint density at radius 3 is 2.00 bits per heavy atom. The van der Waals surface area contributed by atoms with Gasteiger partial charge in [0.15, 0.2) is 0 Å². The van der Waals surface area contributed by atoms with Crippen molar-refractivity contribution < 1.29 is 0 Å². The molecule has 0 saturated heterocycles. The highest BCUT2D eigenvalue weighted by Gasteiger charge is 2.03. The van der Waals surface area contributed by atoms with Crippen LogP contribution < -0.4 is 28.2 Å². The average molecular weight is 285 g/mol. The van der Waals surface area contributed by atoms with Gasteiger partial charge in [-0.1, -0.05) is 0 Å². The molecule has 0 fully saturated rings. The number of nitrogens with two attached hydrogens (primary N) is 3. The molecule has 0 aromatic heterocycles. The summed E-state index contributed by atoms with van der Waals surface area (Å²) in [7, 11) is 8.34. The van der Waals surface area contributed by atoms with Crippen LogP contribution in [0.5, 0.6) is 0 Å². The van der Waals surface area contributed by atoms with E-state index < -0.39 is 0 Å². The molecule has 0 aliphatic heterocycles. The topological polar surface area (TPSA) is 158 Å². The van der Waals surface area contributed by atoms with Crippen LogP contribution in [0.2, 0.25) is 0 Å². The Balaban J connectivity index is 4.56. The molecule has 0 aromatic carbocycles. The Bertz CT molecular complexity index is 420. The monoisotopic (exact) mass is 285 g/mol. The second-order valence-electron chi connectivity index (χ2n) is 3.76. The van der Waals surface area contributed by atoms with Crippen molar-refractivity contribution in [2.75, 3.05) is 35.2 Å². The molecular weight excluding hydrogens is 262 g/mol. The minimum Gasteiger partial charge on any atom is -0.368 e. The number of hydrogen-bond acceptors (Lipinski definition) is 3. The van der Waals surface area contributed by atoms with Crippen LogP contribution >= 0.6 is 0 Å². The smallest absolute Gasteiger partial charge is 0.223 e. The van der Waals surface area contributed by atoms with Crippen LogP contribution in [-0.2, 0) is 0 Å². The van der Waals surface area contributed by atoms with Crippen molar-refractivity contribution in [3.8, 4) is 0 Å². The van der Waals surface area contributed by atoms with Gasteiger partial charge in [0.25, 0.3) is 0 Å². The summed E-state index contributed by atoms with van der Waals surface area (Å²) in [4.78, 5) is 17.2. The number of nitrogens with one attached hydrogen (secondary N) is 2. The van der Waals surface area contributed by atoms with Gasteiger partial charge in [0.1, 0.15) is 0 Å². The maximum atomic E-state index is 5.68. The fourth-order valence-corrected chi connectivity index (χ4v) is 0.926. The molecule has 0 amide bonds. The number of rotatable bonds is 2. The van der Waals surface area contributed by atoms with E-state index in [-0.39, 0.29) is 17.9 Å². The van der Waals surface area contributed by atoms with Gasteiger partial charge in [0.2, 0.25) is 23.8 Å². The molecule has 0 bridgehead atoms. The zero-order valence-electron chi connectivity index (χ0n) is 12.4. The normalized spacial score (nSPS) is 14.2. The zero-order valence-corrected chi connectivity index (χ0v) is 12.4. The molecule has 0 atom stereocenters. The van der Waals surface area contributed by atoms with E-state index in [4.69, 9.17) is 17.2 Å². The summed E-state index contributed by atoms with van der Waals surface area (Å²) in [5.74, 6) is 0.732. The van der Waals surface area contributed by atoms with Gasteiger partial charge in [-0.2, -0.15) is 9.98 Å². The van der Waals surface area contributed by atoms with Crippen molar-refractivity contribution >= 4 is 23.8 Å². The highest BCUT2D eigenvalue weighted by molar-refractivity contribution is 5.94. The van der Waals surface area contributed by atoms with Gasteiger partial charge in [-0.15, -0.1) is 5.53 Å². The molecule has 0 aliphatic carbocycles. The Hall–Kier alpha value is -2.56. The molecule has 8 N–H and O–H groups in total. The fraction of sp³-hybridized carbons (Fsp3) is 0.556. The average Bonchev–Trinajstić information content (AvgIpc) is 2.41. The van der Waals surface area contributed by atoms with Crippen LogP contribution in [0, 0.1) is 0 Å². The first-order valence-electron chi connectivity index (χ1n) is 5.61. The van der Waals surface area contributed by atoms with E-state index in [1.165, 1.54) is 12.1 Å². The third-order valence-electron chi connectivity index (χ3n) is 1.97. The number of nitrogens with zero attached hydrogens (tertiary/aromatic N) is 6. The van der Waals surface area contributed by atoms with Crippen molar-refractivity contribution in [3.05, 3.63) is 0 Å². The minimum atomic E-state index is 0.0609. The summed E-state index contributed by atoms with van der Waals surface area (Å²) in [5.41, 5.74) is 22.1. The largest absolute Gasteiger partial charge is 0.368 e. The highest BCUT2D eigenvalue weighted by Crippen LogP contribution is 1.84. The van der Waals surface area contributed by atoms with Crippen molar-refractivity contribution in [1.82, 2.24) is 20.9 Å². The van der Waals surface area contributed by atoms with Crippen LogP contribution in [0.15, 0.2) is 20.0 Å². The molecule has 0 rings (SSSR count). The molecule has 0 heterocycles. The number of guanidine groups is 4. The third kappa shape index (κ3) is 6.39. The van der Waals surface area contributed by atoms with Gasteiger partial charge in [0, 0.05) is 35.2 Å². The molecular formula is C9H23N11. The molecule has 0 spiro atoms. The number of hydrazine groups is 2. The van der Waals surface area contributed by atoms with Gasteiger partial charge in [-0.25, -0.2) is 0 Å². The van der Waals surface area contributed by atoms with Crippen LogP contribution in [0.3, 0.4) is 0 Å². The van der Waals surface area contributed by atoms with Crippen molar-refractivity contribution in [2.24, 2.45) is 37.2 Å². The van der Waals surface area contributed by atoms with Gasteiger partial charge < -0.3 is 22.1 Å². The first-order valence-corrected chi connectivity index (χ1v) is 5.61. The molecule has 11 nitrogen and oxygen atoms in total. The number of hydrogen-bond donors (Lipinski definition) is 5. The van der Waals surface area contributed by atoms with Crippen molar-refractivity contribution in [2.45, 2.75) is 0 Å². The highest BCUT2D eigenvalue weighted by atomic mass is 15.7. The fourth-order valence-electron chi connectivity index (χ4n) is 0.926. The zero-order chi connectivity index (χ0) is 15.7. The molecule has 0 radical (unpaired) electrons. The molecule has 114 valence electrons. The maximum Gasteiger partial charge on any atom is 0.223 e. The van der Waals surface area contributed by atoms with E-state index >= 15 is 0 Å². The lowest BCUT2D eigenvalue weighted by atomic mass is 10.8. The quantitative estimate of drug-likeness (QED) is 0.206. The van der Waals surface area contributed by atoms with E-state index in [9.17, 15) is 0 Å². The van der Waals surface area contributed by atoms with E-state index in [0.717, 1.165) is 0 Å². The van der Waals surface area contributed by atoms with Crippen LogP contribution in [0.1, 0.15) is 0 Å². The Labute approximate surface area is 118 Å². The summed E-state index contributed by atoms with van der Waals surface area (Å²) in [6, 6.07) is 0. The lowest BCUT2D eigenvalue weighted by molar-refractivity contribution is 0.337. The first kappa shape index (κ1) is 17.4. The second kappa shape index (κ2) is 8.53. The SMILES string of the molecule is C/N=C(N)/N=C(\N)N(C)NN/C(N)=N\C(=N\C)N(C)C. The van der Waals surface area contributed by atoms with E-state index in [1.807, 2.05) is 0 Å². The lowest BCUT2D eigenvalue weighted by Gasteiger charge is -2.20. The molecule has 0 unspecified atom stereocenters. The molecule has 11 heteroatoms. The summed E-state index contributed by atoms with van der Waals surface area (Å²) in [5, 5.41) is 1.36. The van der Waals surface area contributed by atoms with Gasteiger partial charge in [0.05, 0.1) is 0 Å². The summed E-state index contributed by atoms with van der Waals surface area (Å²) < 4.78 is 0. The Morgan fingerprint density at radius 2 is 1.55 bits per heavy atom. The molecule has 0 saturated carbocycles. The van der Waals surface area contributed by atoms with Gasteiger partial charge >= 0.3 is 0 Å². The maximum absolute atomic E-state index is 5.68. The van der Waals surface area contributed by atoms with E-state index in [2.05, 4.69) is 30.9 Å². The Morgan fingerprint density at radius 1 is 0.950 bits per heavy atom. The summed E-state index contributed by atoms with van der Waals surface area (Å²) >= 11 is 0. The summed E-state index contributed by atoms with van der Waals surface area (Å²) in [6.07, 6.45) is 0. The molecule has 0 aromatic rings. The number of aliphatic imine (C=N–C) groups is 4. The van der Waals surface area contributed by atoms with Crippen LogP contribution in [0.25, 0.3) is 0 Å². The first-order chi connectivity index (χ1) is 9.31. The predicted octanol–water partition coefficient (Wildman–Crippen LogP) is -2.95. The Kier molecular flexibility index (Phi) is 7.43. The molecule has 20 heavy (non-hydrogen) atoms. The van der Waals surface area contributed by atoms with E-state index in [0.29, 0.717) is 5.96 Å². The minimum absolute atomic E-state index is 0.0609. The lowest BCUT2D eigenvalue weighted by Crippen LogP contribution is -2.55. The van der Waals surface area contributed by atoms with Crippen molar-refractivity contribution in [3.63, 3.8) is 0 Å². The van der Waals surface area contributed by atoms with Gasteiger partial charge in [-0.05, 0) is 0 Å². The van der Waals surface area contributed by atoms with Crippen LogP contribution in [-0.4, -0.2) is 69.0 Å². The van der Waals surface area contributed by atoms with E-state index in [1.54, 1.807) is 33.1 Å². The predicted molar refractivity (Wildman–Crippen MR) is 81.9 cm³/mol. The van der Waals surface area contributed by atoms with Crippen molar-refractivity contribution in [1.29, 1.82) is 0 Å². The van der Waals surface area contributed by atoms with Crippen LogP contribution in [0.4, 0.5) is 0 Å². The molecule has 0 aliphatic rings. The third-order valence-corrected chi connectivity index (χ3v) is 1.97. The second-order valence-corrected chi connectivity index (χ2v) is 3.76. The standard InChI is InChI=1S/C9H23N11/c1-13-6(10)15-8(12)20(5)18-17-7(11)16-9(14-2)19(3)4/h18H,1-5H3,(H4,10,12,13,15)(H3,11,14,16,17).